The highest BCUT2D eigenvalue weighted by atomic mass is 32.2. The molecular formula is C11H11N3S. The maximum Gasteiger partial charge on any atom is 0.101 e. The number of benzene rings is 1. The Morgan fingerprint density at radius 2 is 2.00 bits per heavy atom. The molecule has 0 fully saturated rings. The monoisotopic (exact) mass is 217 g/mol. The lowest BCUT2D eigenvalue weighted by atomic mass is 10.1. The van der Waals surface area contributed by atoms with Gasteiger partial charge in [-0.15, -0.1) is 0 Å². The van der Waals surface area contributed by atoms with Crippen LogP contribution in [-0.2, 0) is 0 Å². The van der Waals surface area contributed by atoms with E-state index in [0.29, 0.717) is 11.1 Å². The lowest BCUT2D eigenvalue weighted by molar-refractivity contribution is 1.23. The third-order valence-electron chi connectivity index (χ3n) is 1.90. The Hall–Kier alpha value is -1.65. The van der Waals surface area contributed by atoms with Gasteiger partial charge in [0.05, 0.1) is 11.1 Å². The summed E-state index contributed by atoms with van der Waals surface area (Å²) in [6.45, 7) is 0.859. The van der Waals surface area contributed by atoms with Gasteiger partial charge in [-0.05, 0) is 24.5 Å². The molecule has 0 saturated carbocycles. The first-order valence-electron chi connectivity index (χ1n) is 4.49. The predicted molar refractivity (Wildman–Crippen MR) is 62.7 cm³/mol. The largest absolute Gasteiger partial charge is 0.384 e. The fourth-order valence-corrected chi connectivity index (χ4v) is 1.45. The van der Waals surface area contributed by atoms with Crippen LogP contribution < -0.4 is 5.32 Å². The molecule has 1 aromatic rings. The van der Waals surface area contributed by atoms with E-state index in [1.54, 1.807) is 23.9 Å². The standard InChI is InChI=1S/C11H11N3S/c1-15-5-4-14-11-3-2-9(7-12)10(6-11)8-13/h2-3,6,14H,4-5H2,1H3. The van der Waals surface area contributed by atoms with Gasteiger partial charge in [0.2, 0.25) is 0 Å². The van der Waals surface area contributed by atoms with Crippen molar-refractivity contribution in [2.45, 2.75) is 0 Å². The van der Waals surface area contributed by atoms with Gasteiger partial charge in [0.1, 0.15) is 12.1 Å². The van der Waals surface area contributed by atoms with E-state index in [0.717, 1.165) is 18.0 Å². The highest BCUT2D eigenvalue weighted by Gasteiger charge is 2.01. The smallest absolute Gasteiger partial charge is 0.101 e. The van der Waals surface area contributed by atoms with Crippen LogP contribution in [0.3, 0.4) is 0 Å². The normalized spacial score (nSPS) is 9.00. The first kappa shape index (κ1) is 11.4. The molecule has 0 bridgehead atoms. The fraction of sp³-hybridized carbons (Fsp3) is 0.273. The van der Waals surface area contributed by atoms with Gasteiger partial charge in [0, 0.05) is 18.0 Å². The number of thioether (sulfide) groups is 1. The molecule has 0 unspecified atom stereocenters. The molecule has 76 valence electrons. The minimum absolute atomic E-state index is 0.423. The average molecular weight is 217 g/mol. The molecule has 0 aromatic heterocycles. The quantitative estimate of drug-likeness (QED) is 0.785. The molecule has 0 aliphatic rings. The van der Waals surface area contributed by atoms with Crippen molar-refractivity contribution in [2.75, 3.05) is 23.9 Å². The molecule has 0 aliphatic heterocycles. The Morgan fingerprint density at radius 1 is 1.27 bits per heavy atom. The summed E-state index contributed by atoms with van der Waals surface area (Å²) in [5.74, 6) is 1.02. The zero-order valence-corrected chi connectivity index (χ0v) is 9.27. The molecule has 1 aromatic carbocycles. The van der Waals surface area contributed by atoms with Crippen molar-refractivity contribution in [1.82, 2.24) is 0 Å². The third-order valence-corrected chi connectivity index (χ3v) is 2.51. The van der Waals surface area contributed by atoms with Gasteiger partial charge in [-0.1, -0.05) is 0 Å². The molecule has 0 amide bonds. The Bertz CT molecular complexity index is 415. The van der Waals surface area contributed by atoms with Crippen LogP contribution in [0.25, 0.3) is 0 Å². The van der Waals surface area contributed by atoms with Gasteiger partial charge in [0.15, 0.2) is 0 Å². The second-order valence-corrected chi connectivity index (χ2v) is 3.89. The summed E-state index contributed by atoms with van der Waals surface area (Å²) in [4.78, 5) is 0. The highest BCUT2D eigenvalue weighted by molar-refractivity contribution is 7.98. The molecule has 4 heteroatoms. The van der Waals surface area contributed by atoms with E-state index in [1.807, 2.05) is 24.5 Å². The Morgan fingerprint density at radius 3 is 2.60 bits per heavy atom. The van der Waals surface area contributed by atoms with E-state index in [1.165, 1.54) is 0 Å². The van der Waals surface area contributed by atoms with Crippen LogP contribution in [0, 0.1) is 22.7 Å². The van der Waals surface area contributed by atoms with Crippen LogP contribution in [0.2, 0.25) is 0 Å². The van der Waals surface area contributed by atoms with Crippen LogP contribution in [0.5, 0.6) is 0 Å². The molecule has 0 spiro atoms. The number of nitrogens with zero attached hydrogens (tertiary/aromatic N) is 2. The highest BCUT2D eigenvalue weighted by Crippen LogP contribution is 2.14. The Balaban J connectivity index is 2.77. The van der Waals surface area contributed by atoms with Crippen molar-refractivity contribution >= 4 is 17.4 Å². The van der Waals surface area contributed by atoms with Crippen LogP contribution in [0.15, 0.2) is 18.2 Å². The molecule has 0 atom stereocenters. The van der Waals surface area contributed by atoms with E-state index in [-0.39, 0.29) is 0 Å². The molecular weight excluding hydrogens is 206 g/mol. The number of nitrogens with one attached hydrogen (secondary N) is 1. The fourth-order valence-electron chi connectivity index (χ4n) is 1.14. The first-order chi connectivity index (χ1) is 7.31. The predicted octanol–water partition coefficient (Wildman–Crippen LogP) is 2.20. The van der Waals surface area contributed by atoms with Gasteiger partial charge < -0.3 is 5.32 Å². The summed E-state index contributed by atoms with van der Waals surface area (Å²) in [6.07, 6.45) is 2.04. The number of nitriles is 2. The maximum atomic E-state index is 8.81. The van der Waals surface area contributed by atoms with Crippen molar-refractivity contribution in [3.8, 4) is 12.1 Å². The van der Waals surface area contributed by atoms with Crippen molar-refractivity contribution in [3.05, 3.63) is 29.3 Å². The van der Waals surface area contributed by atoms with E-state index >= 15 is 0 Å². The molecule has 0 heterocycles. The SMILES string of the molecule is CSCCNc1ccc(C#N)c(C#N)c1. The zero-order chi connectivity index (χ0) is 11.1. The summed E-state index contributed by atoms with van der Waals surface area (Å²) in [5.41, 5.74) is 1.74. The van der Waals surface area contributed by atoms with Crippen molar-refractivity contribution < 1.29 is 0 Å². The molecule has 0 saturated heterocycles. The minimum atomic E-state index is 0.423. The Labute approximate surface area is 93.7 Å². The van der Waals surface area contributed by atoms with Gasteiger partial charge >= 0.3 is 0 Å². The van der Waals surface area contributed by atoms with Gasteiger partial charge in [-0.25, -0.2) is 0 Å². The summed E-state index contributed by atoms with van der Waals surface area (Å²) in [5, 5.41) is 20.7. The molecule has 3 nitrogen and oxygen atoms in total. The first-order valence-corrected chi connectivity index (χ1v) is 5.88. The van der Waals surface area contributed by atoms with E-state index in [9.17, 15) is 0 Å². The molecule has 0 radical (unpaired) electrons. The summed E-state index contributed by atoms with van der Waals surface area (Å²) in [7, 11) is 0. The van der Waals surface area contributed by atoms with Crippen LogP contribution >= 0.6 is 11.8 Å². The second kappa shape index (κ2) is 5.95. The van der Waals surface area contributed by atoms with Gasteiger partial charge in [-0.2, -0.15) is 22.3 Å². The molecule has 1 N–H and O–H groups in total. The average Bonchev–Trinajstić information content (AvgIpc) is 2.29. The van der Waals surface area contributed by atoms with E-state index in [2.05, 4.69) is 5.32 Å². The lowest BCUT2D eigenvalue weighted by Gasteiger charge is -2.05. The minimum Gasteiger partial charge on any atom is -0.384 e. The summed E-state index contributed by atoms with van der Waals surface area (Å²) < 4.78 is 0. The van der Waals surface area contributed by atoms with Crippen molar-refractivity contribution in [1.29, 1.82) is 10.5 Å². The van der Waals surface area contributed by atoms with Crippen molar-refractivity contribution in [3.63, 3.8) is 0 Å². The number of anilines is 1. The molecule has 0 aliphatic carbocycles. The third kappa shape index (κ3) is 3.19. The summed E-state index contributed by atoms with van der Waals surface area (Å²) in [6, 6.07) is 9.19. The Kier molecular flexibility index (Phi) is 4.53. The number of hydrogen-bond acceptors (Lipinski definition) is 4. The second-order valence-electron chi connectivity index (χ2n) is 2.90. The van der Waals surface area contributed by atoms with Crippen LogP contribution in [0.4, 0.5) is 5.69 Å². The molecule has 15 heavy (non-hydrogen) atoms. The number of hydrogen-bond donors (Lipinski definition) is 1. The van der Waals surface area contributed by atoms with Crippen molar-refractivity contribution in [2.24, 2.45) is 0 Å². The van der Waals surface area contributed by atoms with Crippen LogP contribution in [-0.4, -0.2) is 18.6 Å². The van der Waals surface area contributed by atoms with E-state index in [4.69, 9.17) is 10.5 Å². The van der Waals surface area contributed by atoms with Crippen LogP contribution in [0.1, 0.15) is 11.1 Å². The topological polar surface area (TPSA) is 59.6 Å². The maximum absolute atomic E-state index is 8.81. The number of rotatable bonds is 4. The summed E-state index contributed by atoms with van der Waals surface area (Å²) >= 11 is 1.76. The van der Waals surface area contributed by atoms with Gasteiger partial charge in [-0.3, -0.25) is 0 Å². The molecule has 1 rings (SSSR count). The lowest BCUT2D eigenvalue weighted by Crippen LogP contribution is -2.04. The zero-order valence-electron chi connectivity index (χ0n) is 8.45. The van der Waals surface area contributed by atoms with E-state index < -0.39 is 0 Å². The van der Waals surface area contributed by atoms with Gasteiger partial charge in [0.25, 0.3) is 0 Å².